The quantitative estimate of drug-likeness (QED) is 0.864. The molecule has 0 saturated heterocycles. The molecule has 0 aliphatic carbocycles. The lowest BCUT2D eigenvalue weighted by Gasteiger charge is -2.08. The molecule has 1 aromatic rings. The smallest absolute Gasteiger partial charge is 0.315 e. The van der Waals surface area contributed by atoms with Crippen LogP contribution in [0.25, 0.3) is 0 Å². The second kappa shape index (κ2) is 6.34. The van der Waals surface area contributed by atoms with Crippen molar-refractivity contribution in [3.63, 3.8) is 0 Å². The number of halogens is 4. The monoisotopic (exact) mass is 266 g/mol. The first-order valence-electron chi connectivity index (χ1n) is 4.73. The molecule has 2 amide bonds. The molecule has 1 aromatic carbocycles. The largest absolute Gasteiger partial charge is 0.334 e. The van der Waals surface area contributed by atoms with Crippen LogP contribution < -0.4 is 10.6 Å². The third-order valence-electron chi connectivity index (χ3n) is 1.87. The molecule has 17 heavy (non-hydrogen) atoms. The summed E-state index contributed by atoms with van der Waals surface area (Å²) in [5.41, 5.74) is 0.224. The maximum absolute atomic E-state index is 13.2. The van der Waals surface area contributed by atoms with Crippen molar-refractivity contribution >= 4 is 17.6 Å². The van der Waals surface area contributed by atoms with Crippen molar-refractivity contribution in [2.24, 2.45) is 0 Å². The third-order valence-corrected chi connectivity index (χ3v) is 2.11. The summed E-state index contributed by atoms with van der Waals surface area (Å²) < 4.78 is 36.7. The van der Waals surface area contributed by atoms with E-state index in [4.69, 9.17) is 11.6 Å². The molecule has 0 aliphatic heterocycles. The Morgan fingerprint density at radius 1 is 1.35 bits per heavy atom. The summed E-state index contributed by atoms with van der Waals surface area (Å²) in [5.74, 6) is -0.563. The van der Waals surface area contributed by atoms with E-state index in [0.29, 0.717) is 0 Å². The summed E-state index contributed by atoms with van der Waals surface area (Å²) in [6.45, 7) is -0.840. The predicted octanol–water partition coefficient (Wildman–Crippen LogP) is 2.54. The van der Waals surface area contributed by atoms with E-state index in [1.807, 2.05) is 5.32 Å². The highest BCUT2D eigenvalue weighted by Crippen LogP contribution is 2.14. The van der Waals surface area contributed by atoms with Crippen LogP contribution >= 0.6 is 11.6 Å². The zero-order chi connectivity index (χ0) is 12.8. The second-order valence-electron chi connectivity index (χ2n) is 3.19. The molecular formula is C10H10ClF3N2O. The Kier molecular flexibility index (Phi) is 5.09. The number of nitrogens with one attached hydrogen (secondary N) is 2. The number of carbonyl (C=O) groups is 1. The number of urea groups is 1. The first-order chi connectivity index (χ1) is 7.99. The summed E-state index contributed by atoms with van der Waals surface area (Å²) in [6, 6.07) is 3.21. The van der Waals surface area contributed by atoms with Gasteiger partial charge in [0.15, 0.2) is 0 Å². The van der Waals surface area contributed by atoms with Crippen molar-refractivity contribution in [3.05, 3.63) is 34.6 Å². The first kappa shape index (κ1) is 13.6. The molecule has 7 heteroatoms. The lowest BCUT2D eigenvalue weighted by molar-refractivity contribution is 0.146. The van der Waals surface area contributed by atoms with E-state index in [2.05, 4.69) is 5.32 Å². The summed E-state index contributed by atoms with van der Waals surface area (Å²) in [6.07, 6.45) is -2.62. The molecule has 1 rings (SSSR count). The lowest BCUT2D eigenvalue weighted by Crippen LogP contribution is -2.37. The Morgan fingerprint density at radius 3 is 2.65 bits per heavy atom. The zero-order valence-electron chi connectivity index (χ0n) is 8.64. The van der Waals surface area contributed by atoms with Gasteiger partial charge in [0.2, 0.25) is 0 Å². The minimum atomic E-state index is -2.62. The molecule has 0 unspecified atom stereocenters. The van der Waals surface area contributed by atoms with Gasteiger partial charge >= 0.3 is 6.03 Å². The van der Waals surface area contributed by atoms with Crippen LogP contribution in [0.3, 0.4) is 0 Å². The van der Waals surface area contributed by atoms with Crippen LogP contribution in [0.5, 0.6) is 0 Å². The number of alkyl halides is 2. The first-order valence-corrected chi connectivity index (χ1v) is 5.10. The number of amides is 2. The van der Waals surface area contributed by atoms with Gasteiger partial charge in [-0.2, -0.15) is 0 Å². The number of benzene rings is 1. The number of carbonyl (C=O) groups excluding carboxylic acids is 1. The fourth-order valence-electron chi connectivity index (χ4n) is 1.07. The van der Waals surface area contributed by atoms with E-state index in [1.165, 1.54) is 12.1 Å². The van der Waals surface area contributed by atoms with Crippen molar-refractivity contribution < 1.29 is 18.0 Å². The molecule has 0 spiro atoms. The van der Waals surface area contributed by atoms with E-state index >= 15 is 0 Å². The average molecular weight is 267 g/mol. The summed E-state index contributed by atoms with van der Waals surface area (Å²) in [5, 5.41) is 4.43. The Bertz CT molecular complexity index is 401. The second-order valence-corrected chi connectivity index (χ2v) is 3.63. The van der Waals surface area contributed by atoms with Crippen LogP contribution in [0.2, 0.25) is 5.02 Å². The van der Waals surface area contributed by atoms with Crippen LogP contribution in [0.1, 0.15) is 5.56 Å². The fraction of sp³-hybridized carbons (Fsp3) is 0.300. The van der Waals surface area contributed by atoms with E-state index in [9.17, 15) is 18.0 Å². The van der Waals surface area contributed by atoms with Gasteiger partial charge in [-0.25, -0.2) is 18.0 Å². The molecular weight excluding hydrogens is 257 g/mol. The van der Waals surface area contributed by atoms with Gasteiger partial charge in [-0.15, -0.1) is 0 Å². The van der Waals surface area contributed by atoms with E-state index in [0.717, 1.165) is 6.07 Å². The number of hydrogen-bond donors (Lipinski definition) is 2. The van der Waals surface area contributed by atoms with E-state index in [-0.39, 0.29) is 17.1 Å². The SMILES string of the molecule is O=C(NCc1ccc(Cl)cc1F)NCC(F)F. The van der Waals surface area contributed by atoms with Crippen molar-refractivity contribution in [2.75, 3.05) is 6.54 Å². The van der Waals surface area contributed by atoms with Gasteiger partial charge < -0.3 is 10.6 Å². The topological polar surface area (TPSA) is 41.1 Å². The Balaban J connectivity index is 2.42. The van der Waals surface area contributed by atoms with Crippen LogP contribution in [0.15, 0.2) is 18.2 Å². The molecule has 0 heterocycles. The van der Waals surface area contributed by atoms with Gasteiger partial charge in [-0.1, -0.05) is 17.7 Å². The predicted molar refractivity (Wildman–Crippen MR) is 57.7 cm³/mol. The van der Waals surface area contributed by atoms with Gasteiger partial charge in [-0.3, -0.25) is 0 Å². The van der Waals surface area contributed by atoms with E-state index < -0.39 is 24.8 Å². The Morgan fingerprint density at radius 2 is 2.06 bits per heavy atom. The molecule has 0 bridgehead atoms. The molecule has 0 atom stereocenters. The van der Waals surface area contributed by atoms with Crippen LogP contribution in [-0.2, 0) is 6.54 Å². The molecule has 0 aromatic heterocycles. The highest BCUT2D eigenvalue weighted by atomic mass is 35.5. The summed E-state index contributed by atoms with van der Waals surface area (Å²) >= 11 is 5.54. The summed E-state index contributed by atoms with van der Waals surface area (Å²) in [4.78, 5) is 11.0. The van der Waals surface area contributed by atoms with Crippen molar-refractivity contribution in [1.82, 2.24) is 10.6 Å². The van der Waals surface area contributed by atoms with Gasteiger partial charge in [0.25, 0.3) is 6.43 Å². The maximum atomic E-state index is 13.2. The fourth-order valence-corrected chi connectivity index (χ4v) is 1.23. The molecule has 2 N–H and O–H groups in total. The van der Waals surface area contributed by atoms with Crippen LogP contribution in [-0.4, -0.2) is 19.0 Å². The van der Waals surface area contributed by atoms with Gasteiger partial charge in [0.05, 0.1) is 6.54 Å². The molecule has 0 aliphatic rings. The molecule has 0 saturated carbocycles. The van der Waals surface area contributed by atoms with Gasteiger partial charge in [0, 0.05) is 17.1 Å². The Hall–Kier alpha value is -1.43. The van der Waals surface area contributed by atoms with Gasteiger partial charge in [-0.05, 0) is 12.1 Å². The standard InChI is InChI=1S/C10H10ClF3N2O/c11-7-2-1-6(8(12)3-7)4-15-10(17)16-5-9(13)14/h1-3,9H,4-5H2,(H2,15,16,17). The van der Waals surface area contributed by atoms with Crippen molar-refractivity contribution in [2.45, 2.75) is 13.0 Å². The van der Waals surface area contributed by atoms with Crippen molar-refractivity contribution in [3.8, 4) is 0 Å². The maximum Gasteiger partial charge on any atom is 0.315 e. The molecule has 0 fully saturated rings. The minimum Gasteiger partial charge on any atom is -0.334 e. The minimum absolute atomic E-state index is 0.0991. The van der Waals surface area contributed by atoms with Crippen LogP contribution in [0.4, 0.5) is 18.0 Å². The molecule has 0 radical (unpaired) electrons. The normalized spacial score (nSPS) is 10.4. The van der Waals surface area contributed by atoms with Crippen LogP contribution in [0, 0.1) is 5.82 Å². The lowest BCUT2D eigenvalue weighted by atomic mass is 10.2. The number of hydrogen-bond acceptors (Lipinski definition) is 1. The van der Waals surface area contributed by atoms with Gasteiger partial charge in [0.1, 0.15) is 5.82 Å². The Labute approximate surface area is 101 Å². The molecule has 3 nitrogen and oxygen atoms in total. The summed E-state index contributed by atoms with van der Waals surface area (Å²) in [7, 11) is 0. The van der Waals surface area contributed by atoms with E-state index in [1.54, 1.807) is 0 Å². The zero-order valence-corrected chi connectivity index (χ0v) is 9.40. The highest BCUT2D eigenvalue weighted by Gasteiger charge is 2.07. The molecule has 94 valence electrons. The number of rotatable bonds is 4. The average Bonchev–Trinajstić information content (AvgIpc) is 2.25. The van der Waals surface area contributed by atoms with Crippen molar-refractivity contribution in [1.29, 1.82) is 0 Å². The highest BCUT2D eigenvalue weighted by molar-refractivity contribution is 6.30. The third kappa shape index (κ3) is 4.95.